The summed E-state index contributed by atoms with van der Waals surface area (Å²) in [6, 6.07) is 0. The molecule has 0 aliphatic heterocycles. The molecule has 1 amide bonds. The van der Waals surface area contributed by atoms with Crippen molar-refractivity contribution in [2.75, 3.05) is 33.4 Å². The van der Waals surface area contributed by atoms with Crippen LogP contribution in [-0.2, 0) is 9.53 Å². The molecule has 4 nitrogen and oxygen atoms in total. The van der Waals surface area contributed by atoms with E-state index in [0.717, 1.165) is 12.8 Å². The van der Waals surface area contributed by atoms with Gasteiger partial charge in [0.25, 0.3) is 0 Å². The van der Waals surface area contributed by atoms with Crippen LogP contribution in [0.4, 0.5) is 0 Å². The molecule has 0 fully saturated rings. The molecule has 1 atom stereocenters. The van der Waals surface area contributed by atoms with E-state index in [0.29, 0.717) is 26.3 Å². The molecule has 0 aromatic heterocycles. The van der Waals surface area contributed by atoms with Crippen LogP contribution in [0.25, 0.3) is 0 Å². The molecule has 0 rings (SSSR count). The minimum Gasteiger partial charge on any atom is -0.380 e. The van der Waals surface area contributed by atoms with E-state index >= 15 is 0 Å². The van der Waals surface area contributed by atoms with Gasteiger partial charge in [0.05, 0.1) is 6.61 Å². The van der Waals surface area contributed by atoms with Crippen molar-refractivity contribution in [2.45, 2.75) is 26.7 Å². The molecule has 0 spiro atoms. The van der Waals surface area contributed by atoms with Gasteiger partial charge >= 0.3 is 0 Å². The minimum absolute atomic E-state index is 0.0696. The molecule has 0 radical (unpaired) electrons. The SMILES string of the molecule is CCOCCN(C)C(=O)C(C)CCCN. The van der Waals surface area contributed by atoms with Gasteiger partial charge in [0.1, 0.15) is 0 Å². The van der Waals surface area contributed by atoms with Gasteiger partial charge in [-0.1, -0.05) is 6.92 Å². The smallest absolute Gasteiger partial charge is 0.225 e. The zero-order valence-corrected chi connectivity index (χ0v) is 10.2. The number of nitrogens with zero attached hydrogens (tertiary/aromatic N) is 1. The van der Waals surface area contributed by atoms with Crippen molar-refractivity contribution in [2.24, 2.45) is 11.7 Å². The standard InChI is InChI=1S/C11H24N2O2/c1-4-15-9-8-13(3)11(14)10(2)6-5-7-12/h10H,4-9,12H2,1-3H3. The summed E-state index contributed by atoms with van der Waals surface area (Å²) in [5.74, 6) is 0.253. The van der Waals surface area contributed by atoms with Gasteiger partial charge in [0, 0.05) is 26.1 Å². The molecule has 0 aliphatic carbocycles. The molecule has 0 aliphatic rings. The second kappa shape index (κ2) is 8.68. The molecule has 0 saturated heterocycles. The number of carbonyl (C=O) groups excluding carboxylic acids is 1. The van der Waals surface area contributed by atoms with Gasteiger partial charge in [-0.3, -0.25) is 4.79 Å². The summed E-state index contributed by atoms with van der Waals surface area (Å²) in [4.78, 5) is 13.5. The van der Waals surface area contributed by atoms with Crippen molar-refractivity contribution in [1.29, 1.82) is 0 Å². The molecule has 0 aromatic rings. The largest absolute Gasteiger partial charge is 0.380 e. The fraction of sp³-hybridized carbons (Fsp3) is 0.909. The molecule has 15 heavy (non-hydrogen) atoms. The number of ether oxygens (including phenoxy) is 1. The van der Waals surface area contributed by atoms with Gasteiger partial charge in [-0.05, 0) is 26.3 Å². The third kappa shape index (κ3) is 6.47. The molecule has 2 N–H and O–H groups in total. The average molecular weight is 216 g/mol. The maximum absolute atomic E-state index is 11.8. The summed E-state index contributed by atoms with van der Waals surface area (Å²) in [6.07, 6.45) is 1.78. The van der Waals surface area contributed by atoms with Gasteiger partial charge in [0.2, 0.25) is 5.91 Å². The first-order valence-electron chi connectivity index (χ1n) is 5.66. The Hall–Kier alpha value is -0.610. The summed E-state index contributed by atoms with van der Waals surface area (Å²) in [7, 11) is 1.82. The van der Waals surface area contributed by atoms with Gasteiger partial charge in [-0.25, -0.2) is 0 Å². The van der Waals surface area contributed by atoms with Gasteiger partial charge in [-0.15, -0.1) is 0 Å². The Morgan fingerprint density at radius 1 is 1.53 bits per heavy atom. The van der Waals surface area contributed by atoms with Crippen LogP contribution < -0.4 is 5.73 Å². The van der Waals surface area contributed by atoms with Crippen LogP contribution in [0.1, 0.15) is 26.7 Å². The van der Waals surface area contributed by atoms with Gasteiger partial charge in [0.15, 0.2) is 0 Å². The number of carbonyl (C=O) groups is 1. The van der Waals surface area contributed by atoms with E-state index in [4.69, 9.17) is 10.5 Å². The van der Waals surface area contributed by atoms with Gasteiger partial charge in [-0.2, -0.15) is 0 Å². The highest BCUT2D eigenvalue weighted by Gasteiger charge is 2.16. The molecular weight excluding hydrogens is 192 g/mol. The van der Waals surface area contributed by atoms with Crippen LogP contribution in [0, 0.1) is 5.92 Å². The summed E-state index contributed by atoms with van der Waals surface area (Å²) in [5.41, 5.74) is 5.41. The van der Waals surface area contributed by atoms with E-state index in [9.17, 15) is 4.79 Å². The number of nitrogens with two attached hydrogens (primary N) is 1. The second-order valence-corrected chi connectivity index (χ2v) is 3.79. The summed E-state index contributed by atoms with van der Waals surface area (Å²) in [5, 5.41) is 0. The second-order valence-electron chi connectivity index (χ2n) is 3.79. The maximum atomic E-state index is 11.8. The highest BCUT2D eigenvalue weighted by atomic mass is 16.5. The first-order valence-corrected chi connectivity index (χ1v) is 5.66. The third-order valence-corrected chi connectivity index (χ3v) is 2.41. The lowest BCUT2D eigenvalue weighted by Gasteiger charge is -2.21. The summed E-state index contributed by atoms with van der Waals surface area (Å²) < 4.78 is 5.20. The van der Waals surface area contributed by atoms with Crippen molar-refractivity contribution in [3.05, 3.63) is 0 Å². The molecule has 0 saturated carbocycles. The van der Waals surface area contributed by atoms with Crippen LogP contribution in [0.15, 0.2) is 0 Å². The van der Waals surface area contributed by atoms with E-state index in [1.54, 1.807) is 4.90 Å². The van der Waals surface area contributed by atoms with Crippen molar-refractivity contribution < 1.29 is 9.53 Å². The van der Waals surface area contributed by atoms with E-state index < -0.39 is 0 Å². The van der Waals surface area contributed by atoms with Crippen LogP contribution in [-0.4, -0.2) is 44.2 Å². The lowest BCUT2D eigenvalue weighted by molar-refractivity contribution is -0.134. The predicted octanol–water partition coefficient (Wildman–Crippen LogP) is 0.856. The first-order chi connectivity index (χ1) is 7.13. The molecular formula is C11H24N2O2. The molecule has 90 valence electrons. The quantitative estimate of drug-likeness (QED) is 0.612. The van der Waals surface area contributed by atoms with Crippen molar-refractivity contribution >= 4 is 5.91 Å². The highest BCUT2D eigenvalue weighted by molar-refractivity contribution is 5.78. The predicted molar refractivity (Wildman–Crippen MR) is 61.6 cm³/mol. The Labute approximate surface area is 92.8 Å². The Bertz CT molecular complexity index is 174. The topological polar surface area (TPSA) is 55.6 Å². The number of amides is 1. The number of hydrogen-bond acceptors (Lipinski definition) is 3. The van der Waals surface area contributed by atoms with E-state index in [-0.39, 0.29) is 11.8 Å². The first kappa shape index (κ1) is 14.4. The number of likely N-dealkylation sites (N-methyl/N-ethyl adjacent to an activating group) is 1. The Morgan fingerprint density at radius 3 is 2.73 bits per heavy atom. The zero-order valence-electron chi connectivity index (χ0n) is 10.2. The summed E-state index contributed by atoms with van der Waals surface area (Å²) in [6.45, 7) is 6.54. The van der Waals surface area contributed by atoms with Crippen molar-refractivity contribution in [3.8, 4) is 0 Å². The van der Waals surface area contributed by atoms with E-state index in [1.165, 1.54) is 0 Å². The lowest BCUT2D eigenvalue weighted by Crippen LogP contribution is -2.34. The molecule has 0 bridgehead atoms. The van der Waals surface area contributed by atoms with Crippen molar-refractivity contribution in [1.82, 2.24) is 4.90 Å². The molecule has 1 unspecified atom stereocenters. The van der Waals surface area contributed by atoms with Crippen LogP contribution in [0.3, 0.4) is 0 Å². The summed E-state index contributed by atoms with van der Waals surface area (Å²) >= 11 is 0. The fourth-order valence-corrected chi connectivity index (χ4v) is 1.38. The molecule has 0 heterocycles. The number of rotatable bonds is 8. The average Bonchev–Trinajstić information content (AvgIpc) is 2.24. The maximum Gasteiger partial charge on any atom is 0.225 e. The van der Waals surface area contributed by atoms with Crippen LogP contribution >= 0.6 is 0 Å². The van der Waals surface area contributed by atoms with Gasteiger partial charge < -0.3 is 15.4 Å². The zero-order chi connectivity index (χ0) is 11.7. The van der Waals surface area contributed by atoms with E-state index in [1.807, 2.05) is 20.9 Å². The molecule has 4 heteroatoms. The van der Waals surface area contributed by atoms with Crippen LogP contribution in [0.5, 0.6) is 0 Å². The number of hydrogen-bond donors (Lipinski definition) is 1. The minimum atomic E-state index is 0.0696. The van der Waals surface area contributed by atoms with Crippen molar-refractivity contribution in [3.63, 3.8) is 0 Å². The highest BCUT2D eigenvalue weighted by Crippen LogP contribution is 2.07. The normalized spacial score (nSPS) is 12.5. The Kier molecular flexibility index (Phi) is 8.33. The fourth-order valence-electron chi connectivity index (χ4n) is 1.38. The lowest BCUT2D eigenvalue weighted by atomic mass is 10.0. The molecule has 0 aromatic carbocycles. The van der Waals surface area contributed by atoms with Crippen LogP contribution in [0.2, 0.25) is 0 Å². The Balaban J connectivity index is 3.75. The third-order valence-electron chi connectivity index (χ3n) is 2.41. The van der Waals surface area contributed by atoms with E-state index in [2.05, 4.69) is 0 Å². The Morgan fingerprint density at radius 2 is 2.20 bits per heavy atom. The monoisotopic (exact) mass is 216 g/mol.